The second-order valence-corrected chi connectivity index (χ2v) is 32.0. The molecule has 4 aliphatic heterocycles. The van der Waals surface area contributed by atoms with Crippen molar-refractivity contribution in [3.63, 3.8) is 0 Å². The number of hydrogen-bond acceptors (Lipinski definition) is 21. The van der Waals surface area contributed by atoms with Crippen LogP contribution >= 0.6 is 0 Å². The summed E-state index contributed by atoms with van der Waals surface area (Å²) >= 11 is 0. The third-order valence-electron chi connectivity index (χ3n) is 22.0. The highest BCUT2D eigenvalue weighted by Crippen LogP contribution is 2.45. The van der Waals surface area contributed by atoms with Crippen LogP contribution in [0.3, 0.4) is 0 Å². The average Bonchev–Trinajstić information content (AvgIpc) is 1.49. The van der Waals surface area contributed by atoms with Crippen LogP contribution in [-0.4, -0.2) is 169 Å². The summed E-state index contributed by atoms with van der Waals surface area (Å²) in [5.74, 6) is -6.34. The molecule has 9 aromatic rings. The highest BCUT2D eigenvalue weighted by atomic mass is 19.4. The number of aromatic nitrogens is 5. The number of aryl methyl sites for hydroxylation is 1. The molecule has 0 spiro atoms. The molecule has 2 unspecified atom stereocenters. The largest absolute Gasteiger partial charge is 0.417 e. The molecule has 3 aromatic heterocycles. The second kappa shape index (κ2) is 37.2. The van der Waals surface area contributed by atoms with Crippen LogP contribution in [0.2, 0.25) is 0 Å². The van der Waals surface area contributed by atoms with Crippen molar-refractivity contribution in [1.82, 2.24) is 66.7 Å². The first-order valence-electron chi connectivity index (χ1n) is 40.7. The summed E-state index contributed by atoms with van der Waals surface area (Å²) in [6.45, 7) is 8.17. The number of carbonyl (C=O) groups excluding carboxylic acids is 12. The number of benzene rings is 6. The topological polar surface area (TPSA) is 437 Å². The number of pyridine rings is 2. The Morgan fingerprint density at radius 1 is 0.555 bits per heavy atom. The number of imide groups is 4. The van der Waals surface area contributed by atoms with Gasteiger partial charge in [0.25, 0.3) is 47.3 Å². The summed E-state index contributed by atoms with van der Waals surface area (Å²) in [5.41, 5.74) is 5.78. The highest BCUT2D eigenvalue weighted by molar-refractivity contribution is 6.27. The quantitative estimate of drug-likeness (QED) is 0.00435. The van der Waals surface area contributed by atoms with Crippen molar-refractivity contribution < 1.29 is 92.7 Å². The van der Waals surface area contributed by atoms with Crippen LogP contribution < -0.4 is 53.2 Å². The van der Waals surface area contributed by atoms with Gasteiger partial charge >= 0.3 is 12.4 Å². The van der Waals surface area contributed by atoms with Gasteiger partial charge in [0, 0.05) is 105 Å². The van der Waals surface area contributed by atoms with Crippen molar-refractivity contribution in [3.05, 3.63) is 199 Å². The highest BCUT2D eigenvalue weighted by Gasteiger charge is 2.49. The molecule has 128 heavy (non-hydrogen) atoms. The van der Waals surface area contributed by atoms with Crippen molar-refractivity contribution in [2.75, 3.05) is 55.0 Å². The Bertz CT molecular complexity index is 6170. The van der Waals surface area contributed by atoms with Crippen LogP contribution in [0.4, 0.5) is 57.9 Å². The number of terminal acetylenes is 1. The molecule has 12 amide bonds. The number of unbranched alkanes of at least 4 members (excludes halogenated alkanes) is 2. The summed E-state index contributed by atoms with van der Waals surface area (Å²) in [4.78, 5) is 164. The van der Waals surface area contributed by atoms with Gasteiger partial charge in [-0.2, -0.15) is 26.3 Å². The van der Waals surface area contributed by atoms with E-state index in [9.17, 15) is 88.3 Å². The molecule has 2 aliphatic carbocycles. The molecule has 7 heterocycles. The molecule has 40 heteroatoms. The Balaban J connectivity index is 0.000000184. The van der Waals surface area contributed by atoms with E-state index in [1.165, 1.54) is 55.8 Å². The summed E-state index contributed by atoms with van der Waals surface area (Å²) in [5, 5.41) is 39.7. The minimum atomic E-state index is -4.84. The lowest BCUT2D eigenvalue weighted by Crippen LogP contribution is -2.54. The van der Waals surface area contributed by atoms with Crippen molar-refractivity contribution >= 4 is 115 Å². The molecule has 32 nitrogen and oxygen atoms in total. The number of halogens is 8. The molecule has 0 radical (unpaired) electrons. The predicted octanol–water partition coefficient (Wildman–Crippen LogP) is 12.3. The molecule has 2 atom stereocenters. The third kappa shape index (κ3) is 19.8. The number of nitrogens with zero attached hydrogens (tertiary/aromatic N) is 10. The Morgan fingerprint density at radius 3 is 1.41 bits per heavy atom. The summed E-state index contributed by atoms with van der Waals surface area (Å²) < 4.78 is 117. The monoisotopic (exact) mass is 1760 g/mol. The fourth-order valence-corrected chi connectivity index (χ4v) is 15.1. The SMILES string of the molecule is C#CC(C)(C)Nc1cccc2c1C(=O)N(C1CCC(=O)NC1=O)C2=O.CNc1c(C(=O)NC2CC2)cnc2cc(C(F)(F)F)c(-c3ccc(C(=O)NCCCCN=[N+]=[N-])c(F)c3)cc12.CNc1c(C(=O)NC2CC2)cnc2cc(C(F)(F)F)c(-c3ccc(C(=O)NCCCCn4cc(C(C)(C)Nc5cccc6c5C(=O)N(C5CCC(=O)NC5=O)C6=O)nn4)c(F)c3)cc12. The lowest BCUT2D eigenvalue weighted by molar-refractivity contribution is -0.137. The van der Waals surface area contributed by atoms with Crippen LogP contribution in [0.1, 0.15) is 204 Å². The number of carbonyl (C=O) groups is 12. The molecule has 6 aliphatic rings. The van der Waals surface area contributed by atoms with E-state index in [2.05, 4.69) is 89.4 Å². The number of anilines is 4. The summed E-state index contributed by atoms with van der Waals surface area (Å²) in [7, 11) is 3.08. The number of alkyl halides is 6. The standard InChI is InChI=1S/C44H42F4N10O6.C26H25F4N7O2.C18H17N3O4/c1-43(2,54-31-8-6-7-25-36(31)42(64)58(41(25)63)33-13-14-35(59)53-40(33)62)34-21-57(56-55-34)16-5-4-15-50-38(60)24-12-9-22(17-30(24)45)26-18-27-32(19-29(26)44(46,47)48)51-20-28(37(27)49-3)39(61)52-23-10-11-23;1-32-23-18-11-17(14-4-7-16(21(27)10-14)24(38)33-8-2-3-9-35-37-31)20(26(28,29)30)12-22(18)34-13-19(23)25(39)36-15-5-6-15;1-4-18(2,3)20-11-7-5-6-10-14(11)17(25)21(16(10)24)12-8-9-13(22)19-15(12)23/h6-9,12,17-21,23,33,54H,4-5,10-11,13-16H2,1-3H3,(H,49,51)(H,50,60)(H,52,61)(H,53,59,62);4,7,10-13,15H,2-3,5-6,8-9H2,1H3,(H,32,34)(H,33,38)(H,36,39);1,5-7,12,20H,8-9H2,2-3H3,(H,19,22,23). The van der Waals surface area contributed by atoms with Gasteiger partial charge < -0.3 is 42.5 Å². The first-order chi connectivity index (χ1) is 60.8. The van der Waals surface area contributed by atoms with Crippen LogP contribution in [0, 0.1) is 24.0 Å². The molecule has 6 aromatic carbocycles. The fraction of sp³-hybridized carbons (Fsp3) is 0.341. The van der Waals surface area contributed by atoms with Crippen LogP contribution in [-0.2, 0) is 43.6 Å². The van der Waals surface area contributed by atoms with E-state index in [1.54, 1.807) is 56.0 Å². The van der Waals surface area contributed by atoms with E-state index in [1.807, 2.05) is 13.8 Å². The smallest absolute Gasteiger partial charge is 0.387 e. The van der Waals surface area contributed by atoms with Gasteiger partial charge in [0.05, 0.1) is 95.3 Å². The van der Waals surface area contributed by atoms with E-state index in [0.29, 0.717) is 55.0 Å². The van der Waals surface area contributed by atoms with Crippen LogP contribution in [0.15, 0.2) is 121 Å². The lowest BCUT2D eigenvalue weighted by Gasteiger charge is -2.28. The number of piperidine rings is 2. The van der Waals surface area contributed by atoms with Crippen molar-refractivity contribution in [2.24, 2.45) is 5.11 Å². The Labute approximate surface area is 724 Å². The maximum atomic E-state index is 15.5. The molecule has 4 fully saturated rings. The number of hydrogen-bond donors (Lipinski definition) is 10. The van der Waals surface area contributed by atoms with E-state index >= 15 is 4.39 Å². The first kappa shape index (κ1) is 90.9. The van der Waals surface area contributed by atoms with Gasteiger partial charge in [-0.25, -0.2) is 8.78 Å². The molecule has 2 saturated carbocycles. The van der Waals surface area contributed by atoms with Gasteiger partial charge in [-0.15, -0.1) is 11.5 Å². The van der Waals surface area contributed by atoms with Crippen molar-refractivity contribution in [2.45, 2.75) is 159 Å². The van der Waals surface area contributed by atoms with Crippen molar-refractivity contribution in [1.29, 1.82) is 0 Å². The summed E-state index contributed by atoms with van der Waals surface area (Å²) in [6.07, 6.45) is 5.63. The molecular weight excluding hydrogens is 1680 g/mol. The Kier molecular flexibility index (Phi) is 26.4. The van der Waals surface area contributed by atoms with Gasteiger partial charge in [-0.3, -0.25) is 92.6 Å². The van der Waals surface area contributed by atoms with Gasteiger partial charge in [0.15, 0.2) is 0 Å². The Hall–Kier alpha value is -14.8. The lowest BCUT2D eigenvalue weighted by atomic mass is 9.94. The minimum absolute atomic E-state index is 0.00190. The van der Waals surface area contributed by atoms with E-state index < -0.39 is 129 Å². The normalized spacial score (nSPS) is 16.2. The third-order valence-corrected chi connectivity index (χ3v) is 22.0. The predicted molar refractivity (Wildman–Crippen MR) is 451 cm³/mol. The zero-order chi connectivity index (χ0) is 92.2. The maximum Gasteiger partial charge on any atom is 0.417 e. The number of amides is 12. The minimum Gasteiger partial charge on any atom is -0.387 e. The molecule has 664 valence electrons. The van der Waals surface area contributed by atoms with Gasteiger partial charge in [-0.05, 0) is 192 Å². The fourth-order valence-electron chi connectivity index (χ4n) is 15.1. The van der Waals surface area contributed by atoms with E-state index in [4.69, 9.17) is 12.0 Å². The van der Waals surface area contributed by atoms with Gasteiger partial charge in [0.2, 0.25) is 23.6 Å². The zero-order valence-corrected chi connectivity index (χ0v) is 69.6. The van der Waals surface area contributed by atoms with E-state index in [0.717, 1.165) is 71.9 Å². The average molecular weight is 1770 g/mol. The van der Waals surface area contributed by atoms with Crippen LogP contribution in [0.25, 0.3) is 54.5 Å². The number of fused-ring (bicyclic) bond motifs is 4. The first-order valence-corrected chi connectivity index (χ1v) is 40.7. The van der Waals surface area contributed by atoms with Crippen LogP contribution in [0.5, 0.6) is 0 Å². The van der Waals surface area contributed by atoms with E-state index in [-0.39, 0.29) is 152 Å². The molecule has 10 N–H and O–H groups in total. The number of azide groups is 1. The van der Waals surface area contributed by atoms with Gasteiger partial charge in [-0.1, -0.05) is 40.5 Å². The van der Waals surface area contributed by atoms with Crippen molar-refractivity contribution in [3.8, 4) is 34.6 Å². The molecular formula is C88H84F8N20O12. The number of nitrogens with one attached hydrogen (secondary N) is 10. The molecule has 2 saturated heterocycles. The second-order valence-electron chi connectivity index (χ2n) is 32.0. The van der Waals surface area contributed by atoms with Gasteiger partial charge in [0.1, 0.15) is 29.4 Å². The molecule has 0 bridgehead atoms. The summed E-state index contributed by atoms with van der Waals surface area (Å²) in [6, 6.07) is 18.2. The number of rotatable bonds is 27. The Morgan fingerprint density at radius 2 is 1.00 bits per heavy atom. The zero-order valence-electron chi connectivity index (χ0n) is 69.6. The maximum absolute atomic E-state index is 15.5. The molecule has 15 rings (SSSR count).